The predicted octanol–water partition coefficient (Wildman–Crippen LogP) is 14.2. The van der Waals surface area contributed by atoms with Crippen molar-refractivity contribution in [1.29, 1.82) is 0 Å². The Morgan fingerprint density at radius 2 is 1.07 bits per heavy atom. The molecular formula is C58H49Cl2F6N4O+. The second kappa shape index (κ2) is 21.1. The minimum atomic E-state index is -4.51. The summed E-state index contributed by atoms with van der Waals surface area (Å²) in [5, 5.41) is 22.2. The number of nitrogens with zero attached hydrogens (tertiary/aromatic N) is 3. The average Bonchev–Trinajstić information content (AvgIpc) is 3.79. The van der Waals surface area contributed by atoms with Gasteiger partial charge in [-0.25, -0.2) is 0 Å². The minimum absolute atomic E-state index is 0.135. The Labute approximate surface area is 419 Å². The van der Waals surface area contributed by atoms with Gasteiger partial charge in [-0.3, -0.25) is 4.99 Å². The van der Waals surface area contributed by atoms with Crippen LogP contribution in [0.5, 0.6) is 0 Å². The van der Waals surface area contributed by atoms with Crippen molar-refractivity contribution in [2.45, 2.75) is 75.4 Å². The van der Waals surface area contributed by atoms with Crippen LogP contribution in [0.1, 0.15) is 88.6 Å². The lowest BCUT2D eigenvalue weighted by atomic mass is 9.72. The van der Waals surface area contributed by atoms with Crippen molar-refractivity contribution in [3.05, 3.63) is 242 Å². The van der Waals surface area contributed by atoms with E-state index in [1.165, 1.54) is 24.3 Å². The van der Waals surface area contributed by atoms with Crippen molar-refractivity contribution < 1.29 is 41.2 Å². The van der Waals surface area contributed by atoms with E-state index in [2.05, 4.69) is 6.20 Å². The molecule has 7 aromatic carbocycles. The maximum absolute atomic E-state index is 15.2. The maximum Gasteiger partial charge on any atom is 0.416 e. The molecule has 71 heavy (non-hydrogen) atoms. The summed E-state index contributed by atoms with van der Waals surface area (Å²) in [5.41, 5.74) is 4.30. The lowest BCUT2D eigenvalue weighted by molar-refractivity contribution is -0.926. The maximum atomic E-state index is 15.2. The van der Waals surface area contributed by atoms with Crippen LogP contribution in [0.4, 0.5) is 26.3 Å². The Hall–Kier alpha value is -6.53. The highest BCUT2D eigenvalue weighted by Crippen LogP contribution is 2.43. The Kier molecular flexibility index (Phi) is 14.7. The van der Waals surface area contributed by atoms with Gasteiger partial charge in [-0.15, -0.1) is 5.01 Å². The first-order valence-corrected chi connectivity index (χ1v) is 24.3. The van der Waals surface area contributed by atoms with Crippen molar-refractivity contribution in [3.63, 3.8) is 0 Å². The van der Waals surface area contributed by atoms with Gasteiger partial charge in [0.05, 0.1) is 16.7 Å². The number of halogens is 8. The van der Waals surface area contributed by atoms with E-state index >= 15 is 5.11 Å². The van der Waals surface area contributed by atoms with Crippen LogP contribution in [-0.2, 0) is 30.9 Å². The van der Waals surface area contributed by atoms with E-state index < -0.39 is 41.0 Å². The van der Waals surface area contributed by atoms with Gasteiger partial charge in [0.25, 0.3) is 5.70 Å². The van der Waals surface area contributed by atoms with Crippen LogP contribution >= 0.6 is 23.2 Å². The van der Waals surface area contributed by atoms with Crippen LogP contribution in [0.3, 0.4) is 0 Å². The molecule has 1 fully saturated rings. The molecule has 362 valence electrons. The van der Waals surface area contributed by atoms with Crippen LogP contribution in [0, 0.1) is 5.92 Å². The van der Waals surface area contributed by atoms with Crippen LogP contribution in [0.25, 0.3) is 16.8 Å². The summed E-state index contributed by atoms with van der Waals surface area (Å²) in [5.74, 6) is -0.286. The normalized spacial score (nSPS) is 16.4. The molecule has 13 heteroatoms. The van der Waals surface area contributed by atoms with Gasteiger partial charge >= 0.3 is 12.4 Å². The number of nitrogens with one attached hydrogen (secondary N) is 1. The highest BCUT2D eigenvalue weighted by molar-refractivity contribution is 6.30. The zero-order chi connectivity index (χ0) is 49.8. The SMILES string of the molecule is [O-]C(=NC(c1ccc(Cl)cc1)(c1ccc(Cl)cc1)C(CC1CCCCC1)[NH+]1C=C(c2ccccc2-c2ccccc2)[N+](Cc2ccc(C(F)(F)F)cc2)=N1)c1ccc(Cc2ccc(C(F)(F)F)cc2)cc1. The van der Waals surface area contributed by atoms with Gasteiger partial charge in [0.15, 0.2) is 16.8 Å². The molecule has 1 aliphatic carbocycles. The molecule has 1 heterocycles. The molecule has 2 aliphatic rings. The summed E-state index contributed by atoms with van der Waals surface area (Å²) in [4.78, 5) is 5.37. The molecule has 0 aromatic heterocycles. The molecule has 9 rings (SSSR count). The number of rotatable bonds is 14. The first kappa shape index (κ1) is 49.5. The topological polar surface area (TPSA) is 55.2 Å². The molecule has 0 saturated heterocycles. The summed E-state index contributed by atoms with van der Waals surface area (Å²) >= 11 is 13.2. The first-order chi connectivity index (χ1) is 34.1. The summed E-state index contributed by atoms with van der Waals surface area (Å²) in [6.45, 7) is 0.135. The fourth-order valence-electron chi connectivity index (χ4n) is 9.97. The molecule has 5 nitrogen and oxygen atoms in total. The van der Waals surface area contributed by atoms with Gasteiger partial charge < -0.3 is 5.11 Å². The van der Waals surface area contributed by atoms with E-state index in [4.69, 9.17) is 33.4 Å². The van der Waals surface area contributed by atoms with Crippen LogP contribution in [-0.4, -0.2) is 16.6 Å². The minimum Gasteiger partial charge on any atom is -0.858 e. The van der Waals surface area contributed by atoms with Gasteiger partial charge in [-0.1, -0.05) is 177 Å². The smallest absolute Gasteiger partial charge is 0.416 e. The monoisotopic (exact) mass is 1000 g/mol. The molecule has 7 aromatic rings. The van der Waals surface area contributed by atoms with Crippen molar-refractivity contribution in [2.75, 3.05) is 0 Å². The van der Waals surface area contributed by atoms with Gasteiger partial charge in [0.2, 0.25) is 12.7 Å². The fourth-order valence-corrected chi connectivity index (χ4v) is 10.2. The number of alkyl halides is 6. The number of hydrogen-bond donors (Lipinski definition) is 1. The second-order valence-corrected chi connectivity index (χ2v) is 19.1. The molecule has 2 unspecified atom stereocenters. The van der Waals surface area contributed by atoms with Crippen molar-refractivity contribution >= 4 is 34.8 Å². The Morgan fingerprint density at radius 3 is 1.61 bits per heavy atom. The Balaban J connectivity index is 1.22. The number of hydrogen-bond acceptors (Lipinski definition) is 3. The quantitative estimate of drug-likeness (QED) is 0.0502. The highest BCUT2D eigenvalue weighted by atomic mass is 35.5. The summed E-state index contributed by atoms with van der Waals surface area (Å²) in [6.07, 6.45) is -0.874. The predicted molar refractivity (Wildman–Crippen MR) is 265 cm³/mol. The molecule has 1 N–H and O–H groups in total. The van der Waals surface area contributed by atoms with Crippen molar-refractivity contribution in [1.82, 2.24) is 0 Å². The molecule has 1 aliphatic heterocycles. The molecular weight excluding hydrogens is 954 g/mol. The summed E-state index contributed by atoms with van der Waals surface area (Å²) < 4.78 is 83.1. The summed E-state index contributed by atoms with van der Waals surface area (Å²) in [6, 6.07) is 49.1. The van der Waals surface area contributed by atoms with E-state index in [0.29, 0.717) is 55.7 Å². The van der Waals surface area contributed by atoms with Gasteiger partial charge in [0.1, 0.15) is 0 Å². The van der Waals surface area contributed by atoms with Crippen molar-refractivity contribution in [3.8, 4) is 11.1 Å². The molecule has 0 bridgehead atoms. The molecule has 2 atom stereocenters. The second-order valence-electron chi connectivity index (χ2n) is 18.3. The zero-order valence-corrected chi connectivity index (χ0v) is 39.9. The third kappa shape index (κ3) is 11.3. The highest BCUT2D eigenvalue weighted by Gasteiger charge is 2.53. The Morgan fingerprint density at radius 1 is 0.592 bits per heavy atom. The molecule has 1 saturated carbocycles. The van der Waals surface area contributed by atoms with E-state index in [-0.39, 0.29) is 12.5 Å². The molecule has 0 radical (unpaired) electrons. The lowest BCUT2D eigenvalue weighted by Crippen LogP contribution is -3.09. The third-order valence-corrected chi connectivity index (χ3v) is 14.1. The van der Waals surface area contributed by atoms with Crippen LogP contribution in [0.2, 0.25) is 10.0 Å². The fraction of sp³-hybridized carbons (Fsp3) is 0.224. The Bertz CT molecular complexity index is 2980. The lowest BCUT2D eigenvalue weighted by Gasteiger charge is -2.40. The molecule has 0 amide bonds. The number of quaternary nitrogens is 1. The zero-order valence-electron chi connectivity index (χ0n) is 38.4. The van der Waals surface area contributed by atoms with E-state index in [1.54, 1.807) is 48.5 Å². The average molecular weight is 1000 g/mol. The van der Waals surface area contributed by atoms with Crippen LogP contribution < -0.4 is 10.1 Å². The van der Waals surface area contributed by atoms with E-state index in [0.717, 1.165) is 84.3 Å². The number of aliphatic imine (C=N–C) groups is 1. The third-order valence-electron chi connectivity index (χ3n) is 13.6. The summed E-state index contributed by atoms with van der Waals surface area (Å²) in [7, 11) is 0. The molecule has 0 spiro atoms. The van der Waals surface area contributed by atoms with Crippen molar-refractivity contribution in [2.24, 2.45) is 16.1 Å². The largest absolute Gasteiger partial charge is 0.858 e. The van der Waals surface area contributed by atoms with E-state index in [9.17, 15) is 26.3 Å². The van der Waals surface area contributed by atoms with Gasteiger partial charge in [-0.05, 0) is 116 Å². The first-order valence-electron chi connectivity index (χ1n) is 23.6. The number of benzene rings is 7. The van der Waals surface area contributed by atoms with Crippen LogP contribution in [0.15, 0.2) is 192 Å². The van der Waals surface area contributed by atoms with E-state index in [1.807, 2.05) is 83.6 Å². The van der Waals surface area contributed by atoms with Gasteiger partial charge in [0, 0.05) is 22.0 Å². The standard InChI is InChI=1S/C58H48Cl2F6N4O/c59-49-31-27-45(28-32-49)56(46-29-33-50(60)34-30-46,67-55(71)44-21-15-40(16-22-44)35-41-17-23-47(24-18-41)57(61,62)63)54(36-39-9-3-1-4-10-39)70-38-53(52-14-8-7-13-51(52)43-11-5-2-6-12-43)69(68-70)37-42-19-25-48(26-20-42)58(64,65)66/h2,5-8,11-34,38-39,54H,1,3-4,9-10,35-37H2/p+1. The van der Waals surface area contributed by atoms with Gasteiger partial charge in [-0.2, -0.15) is 26.3 Å².